The van der Waals surface area contributed by atoms with Crippen LogP contribution in [0.5, 0.6) is 0 Å². The molecular weight excluding hydrogens is 479 g/mol. The first kappa shape index (κ1) is 33.5. The maximum absolute atomic E-state index is 14.5. The number of halogens is 3. The predicted octanol–water partition coefficient (Wildman–Crippen LogP) is 0.591. The van der Waals surface area contributed by atoms with E-state index >= 15 is 0 Å². The van der Waals surface area contributed by atoms with Crippen molar-refractivity contribution < 1.29 is 38.7 Å². The lowest BCUT2D eigenvalue weighted by atomic mass is 9.85. The van der Waals surface area contributed by atoms with Gasteiger partial charge >= 0.3 is 0 Å². The van der Waals surface area contributed by atoms with Crippen molar-refractivity contribution in [2.24, 2.45) is 5.92 Å². The standard InChI is InChI=1S/C25H50F3N3O5/c1-17(2)23(34,18(3)26)14-29-8-10-30(15-24(35,19(4)27)21(6)32)12-13-31(11-9-29)16-25(36,20(5)28)22(7)33/h17-22,32-36H,8-16H2,1-7H3. The zero-order valence-corrected chi connectivity index (χ0v) is 23.0. The van der Waals surface area contributed by atoms with Gasteiger partial charge in [0.05, 0.1) is 12.2 Å². The summed E-state index contributed by atoms with van der Waals surface area (Å²) < 4.78 is 43.1. The van der Waals surface area contributed by atoms with Crippen LogP contribution < -0.4 is 0 Å². The third-order valence-electron chi connectivity index (χ3n) is 8.14. The molecule has 0 aliphatic carbocycles. The molecule has 0 aromatic rings. The monoisotopic (exact) mass is 529 g/mol. The van der Waals surface area contributed by atoms with Crippen molar-refractivity contribution in [3.63, 3.8) is 0 Å². The summed E-state index contributed by atoms with van der Waals surface area (Å²) in [5.74, 6) is -0.377. The van der Waals surface area contributed by atoms with Crippen molar-refractivity contribution in [3.05, 3.63) is 0 Å². The highest BCUT2D eigenvalue weighted by Gasteiger charge is 2.44. The van der Waals surface area contributed by atoms with Crippen LogP contribution in [-0.2, 0) is 0 Å². The molecule has 0 bridgehead atoms. The Morgan fingerprint density at radius 2 is 0.750 bits per heavy atom. The van der Waals surface area contributed by atoms with Crippen LogP contribution in [0.1, 0.15) is 48.5 Å². The van der Waals surface area contributed by atoms with Gasteiger partial charge in [0.15, 0.2) is 0 Å². The summed E-state index contributed by atoms with van der Waals surface area (Å²) in [5, 5.41) is 52.9. The molecule has 1 fully saturated rings. The minimum Gasteiger partial charge on any atom is -0.390 e. The molecule has 0 aromatic heterocycles. The molecule has 1 aliphatic heterocycles. The molecule has 1 rings (SSSR count). The summed E-state index contributed by atoms with van der Waals surface area (Å²) in [6, 6.07) is 0. The Morgan fingerprint density at radius 3 is 0.917 bits per heavy atom. The van der Waals surface area contributed by atoms with Crippen LogP contribution in [0, 0.1) is 5.92 Å². The Hall–Kier alpha value is -0.530. The van der Waals surface area contributed by atoms with Crippen molar-refractivity contribution >= 4 is 0 Å². The van der Waals surface area contributed by atoms with Crippen LogP contribution in [0.15, 0.2) is 0 Å². The molecule has 0 radical (unpaired) electrons. The van der Waals surface area contributed by atoms with Crippen LogP contribution in [0.2, 0.25) is 0 Å². The number of alkyl halides is 3. The third-order valence-corrected chi connectivity index (χ3v) is 8.14. The summed E-state index contributed by atoms with van der Waals surface area (Å²) in [7, 11) is 0. The maximum atomic E-state index is 14.5. The van der Waals surface area contributed by atoms with Gasteiger partial charge in [-0.2, -0.15) is 0 Å². The highest BCUT2D eigenvalue weighted by Crippen LogP contribution is 2.27. The van der Waals surface area contributed by atoms with E-state index in [9.17, 15) is 38.7 Å². The highest BCUT2D eigenvalue weighted by molar-refractivity contribution is 4.96. The second-order valence-corrected chi connectivity index (χ2v) is 11.2. The molecule has 1 saturated heterocycles. The van der Waals surface area contributed by atoms with Crippen molar-refractivity contribution in [3.8, 4) is 0 Å². The van der Waals surface area contributed by atoms with Gasteiger partial charge in [0.1, 0.15) is 35.3 Å². The number of hydrogen-bond donors (Lipinski definition) is 5. The van der Waals surface area contributed by atoms with Crippen LogP contribution in [0.3, 0.4) is 0 Å². The second-order valence-electron chi connectivity index (χ2n) is 11.2. The number of nitrogens with zero attached hydrogens (tertiary/aromatic N) is 3. The Kier molecular flexibility index (Phi) is 12.6. The summed E-state index contributed by atoms with van der Waals surface area (Å²) in [6.07, 6.45) is -7.63. The topological polar surface area (TPSA) is 111 Å². The summed E-state index contributed by atoms with van der Waals surface area (Å²) >= 11 is 0. The molecule has 8 unspecified atom stereocenters. The Labute approximate surface area is 214 Å². The molecule has 5 N–H and O–H groups in total. The lowest BCUT2D eigenvalue weighted by Crippen LogP contribution is -2.58. The molecule has 0 spiro atoms. The van der Waals surface area contributed by atoms with Crippen molar-refractivity contribution in [2.45, 2.75) is 96.0 Å². The molecule has 0 saturated carbocycles. The molecular formula is C25H50F3N3O5. The largest absolute Gasteiger partial charge is 0.390 e. The predicted molar refractivity (Wildman–Crippen MR) is 134 cm³/mol. The average molecular weight is 530 g/mol. The van der Waals surface area contributed by atoms with Crippen molar-refractivity contribution in [1.82, 2.24) is 14.7 Å². The van der Waals surface area contributed by atoms with Gasteiger partial charge in [-0.1, -0.05) is 13.8 Å². The average Bonchev–Trinajstić information content (AvgIpc) is 2.84. The van der Waals surface area contributed by atoms with Gasteiger partial charge in [-0.3, -0.25) is 14.7 Å². The SMILES string of the molecule is CC(C)C(O)(CN1CCN(CC(O)(C(C)O)C(C)F)CCN(CC(O)(C(C)O)C(C)F)CC1)C(C)F. The summed E-state index contributed by atoms with van der Waals surface area (Å²) in [4.78, 5) is 5.39. The van der Waals surface area contributed by atoms with Gasteiger partial charge in [0.2, 0.25) is 0 Å². The van der Waals surface area contributed by atoms with E-state index in [1.807, 2.05) is 4.90 Å². The normalized spacial score (nSPS) is 27.0. The second kappa shape index (κ2) is 13.5. The van der Waals surface area contributed by atoms with Gasteiger partial charge in [-0.15, -0.1) is 0 Å². The van der Waals surface area contributed by atoms with E-state index in [0.717, 1.165) is 0 Å². The van der Waals surface area contributed by atoms with Crippen molar-refractivity contribution in [1.29, 1.82) is 0 Å². The molecule has 216 valence electrons. The molecule has 0 aromatic carbocycles. The number of hydrogen-bond acceptors (Lipinski definition) is 8. The Morgan fingerprint density at radius 1 is 0.528 bits per heavy atom. The minimum atomic E-state index is -2.02. The molecule has 36 heavy (non-hydrogen) atoms. The highest BCUT2D eigenvalue weighted by atomic mass is 19.1. The Bertz CT molecular complexity index is 531. The molecule has 0 amide bonds. The minimum absolute atomic E-state index is 0.0182. The smallest absolute Gasteiger partial charge is 0.133 e. The van der Waals surface area contributed by atoms with Gasteiger partial charge < -0.3 is 25.5 Å². The zero-order valence-electron chi connectivity index (χ0n) is 23.0. The van der Waals surface area contributed by atoms with Gasteiger partial charge in [-0.05, 0) is 40.5 Å². The van der Waals surface area contributed by atoms with E-state index in [-0.39, 0.29) is 25.6 Å². The number of β-amino-alcohol motifs (C(OH)–C–C–N with tert-alkyl or cyclic N) is 3. The molecule has 11 heteroatoms. The fraction of sp³-hybridized carbons (Fsp3) is 1.00. The molecule has 8 atom stereocenters. The van der Waals surface area contributed by atoms with Crippen molar-refractivity contribution in [2.75, 3.05) is 58.9 Å². The van der Waals surface area contributed by atoms with E-state index in [1.165, 1.54) is 34.6 Å². The number of aliphatic hydroxyl groups excluding tert-OH is 2. The van der Waals surface area contributed by atoms with Gasteiger partial charge in [0, 0.05) is 58.9 Å². The summed E-state index contributed by atoms with van der Waals surface area (Å²) in [6.45, 7) is 11.5. The van der Waals surface area contributed by atoms with Gasteiger partial charge in [0.25, 0.3) is 0 Å². The molecule has 1 heterocycles. The van der Waals surface area contributed by atoms with E-state index in [0.29, 0.717) is 39.3 Å². The van der Waals surface area contributed by atoms with E-state index in [2.05, 4.69) is 0 Å². The fourth-order valence-corrected chi connectivity index (χ4v) is 4.68. The van der Waals surface area contributed by atoms with Gasteiger partial charge in [-0.25, -0.2) is 13.2 Å². The quantitative estimate of drug-likeness (QED) is 0.250. The molecule has 8 nitrogen and oxygen atoms in total. The Balaban J connectivity index is 3.26. The number of aliphatic hydroxyl groups is 5. The zero-order chi connectivity index (χ0) is 28.1. The first-order valence-corrected chi connectivity index (χ1v) is 13.0. The van der Waals surface area contributed by atoms with Crippen LogP contribution in [-0.4, -0.2) is 147 Å². The number of rotatable bonds is 12. The lowest BCUT2D eigenvalue weighted by molar-refractivity contribution is -0.130. The van der Waals surface area contributed by atoms with Crippen LogP contribution >= 0.6 is 0 Å². The maximum Gasteiger partial charge on any atom is 0.133 e. The van der Waals surface area contributed by atoms with E-state index < -0.39 is 47.5 Å². The van der Waals surface area contributed by atoms with E-state index in [4.69, 9.17) is 0 Å². The van der Waals surface area contributed by atoms with Crippen LogP contribution in [0.25, 0.3) is 0 Å². The first-order valence-electron chi connectivity index (χ1n) is 13.0. The molecule has 1 aliphatic rings. The van der Waals surface area contributed by atoms with E-state index in [1.54, 1.807) is 23.6 Å². The van der Waals surface area contributed by atoms with Crippen LogP contribution in [0.4, 0.5) is 13.2 Å². The summed E-state index contributed by atoms with van der Waals surface area (Å²) in [5.41, 5.74) is -5.67. The fourth-order valence-electron chi connectivity index (χ4n) is 4.68. The lowest BCUT2D eigenvalue weighted by Gasteiger charge is -2.40. The third kappa shape index (κ3) is 8.23. The first-order chi connectivity index (χ1) is 16.4.